The second-order valence-corrected chi connectivity index (χ2v) is 3.19. The number of ether oxygens (including phenoxy) is 1. The highest BCUT2D eigenvalue weighted by atomic mass is 16.5. The van der Waals surface area contributed by atoms with Crippen LogP contribution in [0.3, 0.4) is 0 Å². The third-order valence-electron chi connectivity index (χ3n) is 1.82. The summed E-state index contributed by atoms with van der Waals surface area (Å²) in [6.07, 6.45) is -0.961. The van der Waals surface area contributed by atoms with E-state index >= 15 is 0 Å². The highest BCUT2D eigenvalue weighted by Crippen LogP contribution is 2.36. The minimum Gasteiger partial charge on any atom is -0.504 e. The van der Waals surface area contributed by atoms with Gasteiger partial charge in [0.2, 0.25) is 5.75 Å². The fourth-order valence-electron chi connectivity index (χ4n) is 1.08. The second kappa shape index (κ2) is 5.04. The topological polar surface area (TPSA) is 141 Å². The van der Waals surface area contributed by atoms with Gasteiger partial charge in [0.25, 0.3) is 0 Å². The number of carbonyl (C=O) groups excluding carboxylic acids is 1. The third-order valence-corrected chi connectivity index (χ3v) is 1.82. The fraction of sp³-hybridized carbons (Fsp3) is 0.100. The van der Waals surface area contributed by atoms with E-state index in [1.165, 1.54) is 0 Å². The van der Waals surface area contributed by atoms with Crippen LogP contribution in [0.1, 0.15) is 16.8 Å². The summed E-state index contributed by atoms with van der Waals surface area (Å²) in [5, 5.41) is 35.5. The lowest BCUT2D eigenvalue weighted by Crippen LogP contribution is -2.13. The largest absolute Gasteiger partial charge is 0.504 e. The molecule has 1 rings (SSSR count). The van der Waals surface area contributed by atoms with Gasteiger partial charge in [-0.15, -0.1) is 0 Å². The standard InChI is InChI=1S/C10H8O8/c11-5-1-4(10(16)17)2-6(9(5)15)18-8(14)3-7(12)13/h1-2,11,15H,3H2,(H,12,13)(H,16,17). The molecule has 0 spiro atoms. The van der Waals surface area contributed by atoms with Crippen LogP contribution in [-0.2, 0) is 9.59 Å². The van der Waals surface area contributed by atoms with Crippen molar-refractivity contribution in [3.63, 3.8) is 0 Å². The summed E-state index contributed by atoms with van der Waals surface area (Å²) in [7, 11) is 0. The molecule has 0 heterocycles. The molecule has 8 nitrogen and oxygen atoms in total. The van der Waals surface area contributed by atoms with Crippen molar-refractivity contribution in [1.82, 2.24) is 0 Å². The number of phenolic OH excluding ortho intramolecular Hbond substituents is 2. The number of benzene rings is 1. The van der Waals surface area contributed by atoms with Crippen LogP contribution in [0.15, 0.2) is 12.1 Å². The molecule has 18 heavy (non-hydrogen) atoms. The molecular formula is C10H8O8. The van der Waals surface area contributed by atoms with E-state index in [0.29, 0.717) is 0 Å². The van der Waals surface area contributed by atoms with Crippen molar-refractivity contribution in [1.29, 1.82) is 0 Å². The van der Waals surface area contributed by atoms with Crippen LogP contribution in [0.5, 0.6) is 17.2 Å². The summed E-state index contributed by atoms with van der Waals surface area (Å²) in [6, 6.07) is 1.54. The molecule has 8 heteroatoms. The van der Waals surface area contributed by atoms with Gasteiger partial charge in [0, 0.05) is 0 Å². The lowest BCUT2D eigenvalue weighted by molar-refractivity contribution is -0.145. The SMILES string of the molecule is O=C(O)CC(=O)Oc1cc(C(=O)O)cc(O)c1O. The Hall–Kier alpha value is -2.77. The van der Waals surface area contributed by atoms with Gasteiger partial charge >= 0.3 is 17.9 Å². The molecule has 0 unspecified atom stereocenters. The molecule has 0 saturated heterocycles. The summed E-state index contributed by atoms with van der Waals surface area (Å²) in [4.78, 5) is 31.9. The Morgan fingerprint density at radius 2 is 1.72 bits per heavy atom. The monoisotopic (exact) mass is 256 g/mol. The molecule has 4 N–H and O–H groups in total. The van der Waals surface area contributed by atoms with Crippen molar-refractivity contribution in [3.05, 3.63) is 17.7 Å². The Labute approximate surface area is 99.7 Å². The quantitative estimate of drug-likeness (QED) is 0.258. The number of rotatable bonds is 4. The first kappa shape index (κ1) is 13.3. The Morgan fingerprint density at radius 3 is 2.22 bits per heavy atom. The van der Waals surface area contributed by atoms with Crippen LogP contribution in [0, 0.1) is 0 Å². The van der Waals surface area contributed by atoms with Crippen molar-refractivity contribution < 1.29 is 39.5 Å². The molecule has 0 amide bonds. The first-order chi connectivity index (χ1) is 8.31. The van der Waals surface area contributed by atoms with Crippen molar-refractivity contribution in [2.24, 2.45) is 0 Å². The molecule has 0 aromatic heterocycles. The Bertz CT molecular complexity index is 519. The van der Waals surface area contributed by atoms with Gasteiger partial charge in [0.05, 0.1) is 5.56 Å². The normalized spacial score (nSPS) is 9.78. The highest BCUT2D eigenvalue weighted by Gasteiger charge is 2.18. The lowest BCUT2D eigenvalue weighted by atomic mass is 10.2. The summed E-state index contributed by atoms with van der Waals surface area (Å²) < 4.78 is 4.43. The minimum atomic E-state index is -1.45. The van der Waals surface area contributed by atoms with Gasteiger partial charge in [0.15, 0.2) is 11.5 Å². The first-order valence-electron chi connectivity index (χ1n) is 4.53. The minimum absolute atomic E-state index is 0.427. The van der Waals surface area contributed by atoms with E-state index in [1.54, 1.807) is 0 Å². The molecule has 0 aliphatic heterocycles. The smallest absolute Gasteiger partial charge is 0.335 e. The highest BCUT2D eigenvalue weighted by molar-refractivity contribution is 5.92. The van der Waals surface area contributed by atoms with Crippen LogP contribution < -0.4 is 4.74 Å². The molecule has 0 fully saturated rings. The van der Waals surface area contributed by atoms with Crippen molar-refractivity contribution >= 4 is 17.9 Å². The maximum atomic E-state index is 11.0. The molecule has 1 aromatic carbocycles. The zero-order valence-electron chi connectivity index (χ0n) is 8.78. The lowest BCUT2D eigenvalue weighted by Gasteiger charge is -2.07. The number of hydrogen-bond acceptors (Lipinski definition) is 6. The van der Waals surface area contributed by atoms with Gasteiger partial charge in [0.1, 0.15) is 6.42 Å². The van der Waals surface area contributed by atoms with Crippen molar-refractivity contribution in [2.75, 3.05) is 0 Å². The number of esters is 1. The number of carbonyl (C=O) groups is 3. The van der Waals surface area contributed by atoms with Crippen molar-refractivity contribution in [3.8, 4) is 17.2 Å². The van der Waals surface area contributed by atoms with Gasteiger partial charge in [-0.25, -0.2) is 4.79 Å². The van der Waals surface area contributed by atoms with Crippen LogP contribution in [0.25, 0.3) is 0 Å². The third kappa shape index (κ3) is 3.11. The molecule has 1 aromatic rings. The second-order valence-electron chi connectivity index (χ2n) is 3.19. The molecule has 0 bridgehead atoms. The summed E-state index contributed by atoms with van der Waals surface area (Å²) in [6.45, 7) is 0. The molecule has 0 atom stereocenters. The van der Waals surface area contributed by atoms with Crippen LogP contribution in [-0.4, -0.2) is 38.3 Å². The van der Waals surface area contributed by atoms with Crippen LogP contribution >= 0.6 is 0 Å². The molecule has 0 radical (unpaired) electrons. The predicted molar refractivity (Wildman–Crippen MR) is 54.6 cm³/mol. The fourth-order valence-corrected chi connectivity index (χ4v) is 1.08. The number of aliphatic carboxylic acids is 1. The Kier molecular flexibility index (Phi) is 3.72. The van der Waals surface area contributed by atoms with Crippen LogP contribution in [0.2, 0.25) is 0 Å². The average molecular weight is 256 g/mol. The average Bonchev–Trinajstić information content (AvgIpc) is 2.22. The summed E-state index contributed by atoms with van der Waals surface area (Å²) in [5.74, 6) is -6.34. The van der Waals surface area contributed by atoms with Gasteiger partial charge < -0.3 is 25.2 Å². The zero-order chi connectivity index (χ0) is 13.9. The number of aromatic carboxylic acids is 1. The molecule has 0 aliphatic carbocycles. The van der Waals surface area contributed by atoms with Gasteiger partial charge in [-0.2, -0.15) is 0 Å². The van der Waals surface area contributed by atoms with Crippen LogP contribution in [0.4, 0.5) is 0 Å². The van der Waals surface area contributed by atoms with E-state index in [1.807, 2.05) is 0 Å². The number of phenols is 2. The molecule has 96 valence electrons. The van der Waals surface area contributed by atoms with Crippen molar-refractivity contribution in [2.45, 2.75) is 6.42 Å². The van der Waals surface area contributed by atoms with E-state index in [4.69, 9.17) is 10.2 Å². The number of hydrogen-bond donors (Lipinski definition) is 4. The number of carboxylic acid groups (broad SMARTS) is 2. The van der Waals surface area contributed by atoms with Gasteiger partial charge in [-0.1, -0.05) is 0 Å². The maximum absolute atomic E-state index is 11.0. The van der Waals surface area contributed by atoms with E-state index < -0.39 is 47.1 Å². The zero-order valence-corrected chi connectivity index (χ0v) is 8.78. The molecule has 0 saturated carbocycles. The number of aromatic hydroxyl groups is 2. The first-order valence-corrected chi connectivity index (χ1v) is 4.53. The molecule has 0 aliphatic rings. The maximum Gasteiger partial charge on any atom is 0.335 e. The van der Waals surface area contributed by atoms with E-state index in [-0.39, 0.29) is 0 Å². The Balaban J connectivity index is 3.04. The van der Waals surface area contributed by atoms with E-state index in [0.717, 1.165) is 12.1 Å². The summed E-state index contributed by atoms with van der Waals surface area (Å²) in [5.41, 5.74) is -0.427. The number of carboxylic acids is 2. The van der Waals surface area contributed by atoms with E-state index in [2.05, 4.69) is 4.74 Å². The van der Waals surface area contributed by atoms with E-state index in [9.17, 15) is 24.6 Å². The predicted octanol–water partition coefficient (Wildman–Crippen LogP) is 0.176. The van der Waals surface area contributed by atoms with Gasteiger partial charge in [-0.05, 0) is 12.1 Å². The molecular weight excluding hydrogens is 248 g/mol. The Morgan fingerprint density at radius 1 is 1.11 bits per heavy atom. The van der Waals surface area contributed by atoms with Gasteiger partial charge in [-0.3, -0.25) is 9.59 Å². The summed E-state index contributed by atoms with van der Waals surface area (Å²) >= 11 is 0.